The second-order valence-corrected chi connectivity index (χ2v) is 10.3. The first-order valence-corrected chi connectivity index (χ1v) is 12.7. The van der Waals surface area contributed by atoms with Crippen LogP contribution in [0.15, 0.2) is 103 Å². The summed E-state index contributed by atoms with van der Waals surface area (Å²) in [5.41, 5.74) is 7.75. The van der Waals surface area contributed by atoms with Crippen LogP contribution in [0.3, 0.4) is 0 Å². The van der Waals surface area contributed by atoms with Crippen LogP contribution in [0.5, 0.6) is 0 Å². The van der Waals surface area contributed by atoms with E-state index in [1.165, 1.54) is 16.7 Å². The fourth-order valence-corrected chi connectivity index (χ4v) is 5.59. The number of rotatable bonds is 4. The van der Waals surface area contributed by atoms with Gasteiger partial charge in [0.2, 0.25) is 0 Å². The van der Waals surface area contributed by atoms with Crippen LogP contribution in [0.25, 0.3) is 18.2 Å². The molecule has 0 spiro atoms. The molecule has 0 heterocycles. The molecule has 2 heteroatoms. The van der Waals surface area contributed by atoms with Gasteiger partial charge in [0.25, 0.3) is 0 Å². The van der Waals surface area contributed by atoms with Gasteiger partial charge in [-0.3, -0.25) is 0 Å². The average molecular weight is 441 g/mol. The van der Waals surface area contributed by atoms with E-state index in [-0.39, 0.29) is 30.5 Å². The molecule has 0 N–H and O–H groups in total. The first kappa shape index (κ1) is 24.1. The third kappa shape index (κ3) is 6.95. The Morgan fingerprint density at radius 2 is 1.13 bits per heavy atom. The summed E-state index contributed by atoms with van der Waals surface area (Å²) in [6.45, 7) is 7.06. The molecule has 0 saturated carbocycles. The monoisotopic (exact) mass is 441 g/mol. The van der Waals surface area contributed by atoms with E-state index in [0.29, 0.717) is 0 Å². The van der Waals surface area contributed by atoms with Gasteiger partial charge in [-0.05, 0) is 34.7 Å². The fourth-order valence-electron chi connectivity index (χ4n) is 3.71. The molecule has 1 aliphatic carbocycles. The summed E-state index contributed by atoms with van der Waals surface area (Å²) in [6, 6.07) is 29.4. The van der Waals surface area contributed by atoms with Crippen molar-refractivity contribution in [2.45, 2.75) is 25.6 Å². The van der Waals surface area contributed by atoms with Gasteiger partial charge in [-0.1, -0.05) is 134 Å². The average Bonchev–Trinajstić information content (AvgIpc) is 3.09. The molecule has 1 atom stereocenters. The molecule has 3 aromatic rings. The Morgan fingerprint density at radius 1 is 0.667 bits per heavy atom. The summed E-state index contributed by atoms with van der Waals surface area (Å²) in [4.78, 5) is 0. The summed E-state index contributed by atoms with van der Waals surface area (Å²) in [5, 5.41) is 0. The van der Waals surface area contributed by atoms with E-state index in [1.807, 2.05) is 36.4 Å². The van der Waals surface area contributed by atoms with Crippen LogP contribution in [-0.4, -0.2) is 8.80 Å². The Kier molecular flexibility index (Phi) is 10.0. The van der Waals surface area contributed by atoms with E-state index in [0.717, 1.165) is 5.54 Å². The van der Waals surface area contributed by atoms with Crippen molar-refractivity contribution in [1.29, 1.82) is 0 Å². The molecular formula is C28H29SiTi. The van der Waals surface area contributed by atoms with Crippen molar-refractivity contribution in [3.05, 3.63) is 125 Å². The molecule has 4 rings (SSSR count). The molecule has 3 aromatic carbocycles. The number of fused-ring (bicyclic) bond motifs is 1. The van der Waals surface area contributed by atoms with Gasteiger partial charge in [-0.15, -0.1) is 0 Å². The third-order valence-corrected chi connectivity index (χ3v) is 6.93. The molecule has 0 aromatic heterocycles. The van der Waals surface area contributed by atoms with E-state index in [1.54, 1.807) is 11.1 Å². The predicted molar refractivity (Wildman–Crippen MR) is 131 cm³/mol. The van der Waals surface area contributed by atoms with Gasteiger partial charge in [-0.2, -0.15) is 0 Å². The van der Waals surface area contributed by atoms with Gasteiger partial charge in [0.15, 0.2) is 0 Å². The third-order valence-electron chi connectivity index (χ3n) is 5.01. The number of allylic oxidation sites excluding steroid dienone is 3. The molecule has 0 amide bonds. The Balaban J connectivity index is 0.000000211. The van der Waals surface area contributed by atoms with Crippen molar-refractivity contribution >= 4 is 27.0 Å². The topological polar surface area (TPSA) is 0 Å². The zero-order chi connectivity index (χ0) is 20.5. The van der Waals surface area contributed by atoms with E-state index in [9.17, 15) is 0 Å². The van der Waals surface area contributed by atoms with Gasteiger partial charge >= 0.3 is 0 Å². The van der Waals surface area contributed by atoms with Crippen LogP contribution in [-0.2, 0) is 21.7 Å². The zero-order valence-corrected chi connectivity index (χ0v) is 20.6. The number of benzene rings is 3. The van der Waals surface area contributed by atoms with Gasteiger partial charge in [0.05, 0.1) is 8.80 Å². The van der Waals surface area contributed by atoms with Crippen molar-refractivity contribution < 1.29 is 21.7 Å². The van der Waals surface area contributed by atoms with Crippen molar-refractivity contribution in [1.82, 2.24) is 0 Å². The van der Waals surface area contributed by atoms with E-state index in [2.05, 4.69) is 98.9 Å². The minimum atomic E-state index is -0.241. The van der Waals surface area contributed by atoms with Gasteiger partial charge in [0.1, 0.15) is 0 Å². The summed E-state index contributed by atoms with van der Waals surface area (Å²) in [5.74, 6) is 0. The Hall–Kier alpha value is -2.19. The van der Waals surface area contributed by atoms with Crippen LogP contribution in [0, 0.1) is 0 Å². The van der Waals surface area contributed by atoms with Crippen molar-refractivity contribution in [3.8, 4) is 0 Å². The van der Waals surface area contributed by atoms with Crippen LogP contribution in [0.1, 0.15) is 34.7 Å². The first-order chi connectivity index (χ1) is 14.1. The summed E-state index contributed by atoms with van der Waals surface area (Å²) < 4.78 is 0. The summed E-state index contributed by atoms with van der Waals surface area (Å²) in [7, 11) is -0.241. The minimum Gasteiger partial charge on any atom is -0.0705 e. The first-order valence-electron chi connectivity index (χ1n) is 10.2. The van der Waals surface area contributed by atoms with Crippen LogP contribution >= 0.6 is 0 Å². The van der Waals surface area contributed by atoms with E-state index >= 15 is 0 Å². The Morgan fingerprint density at radius 3 is 1.63 bits per heavy atom. The second-order valence-electron chi connectivity index (χ2n) is 7.57. The Labute approximate surface area is 198 Å². The smallest absolute Gasteiger partial charge is 0.0551 e. The molecule has 0 bridgehead atoms. The standard InChI is InChI=1S/C16H14.C12H15Si.Ti/c1-3-9-15(10-4-1)13-7-8-14-16-11-5-2-6-12-16;1-9-8-10-6-4-5-7-11(10)12(9)13(2)3;/h1-14H;4-8,12H,1-3H3;. The zero-order valence-electron chi connectivity index (χ0n) is 18.0. The van der Waals surface area contributed by atoms with Crippen LogP contribution in [0.2, 0.25) is 13.1 Å². The molecule has 1 aliphatic rings. The van der Waals surface area contributed by atoms with E-state index < -0.39 is 0 Å². The quantitative estimate of drug-likeness (QED) is 0.285. The molecule has 0 nitrogen and oxygen atoms in total. The van der Waals surface area contributed by atoms with Crippen LogP contribution < -0.4 is 0 Å². The maximum Gasteiger partial charge on any atom is 0.0551 e. The molecule has 30 heavy (non-hydrogen) atoms. The van der Waals surface area contributed by atoms with Crippen LogP contribution in [0.4, 0.5) is 0 Å². The van der Waals surface area contributed by atoms with Crippen molar-refractivity contribution in [3.63, 3.8) is 0 Å². The largest absolute Gasteiger partial charge is 0.0705 e. The maximum absolute atomic E-state index is 2.40. The molecule has 0 fully saturated rings. The Bertz CT molecular complexity index is 938. The molecule has 149 valence electrons. The number of hydrogen-bond acceptors (Lipinski definition) is 0. The van der Waals surface area contributed by atoms with Crippen molar-refractivity contribution in [2.24, 2.45) is 0 Å². The molecule has 1 unspecified atom stereocenters. The normalized spacial score (nSPS) is 14.8. The SMILES string of the molecule is C(C=Cc1ccccc1)=Cc1ccccc1.CC1=Cc2ccccc2C1[Si](C)C.[Ti]. The van der Waals surface area contributed by atoms with Gasteiger partial charge < -0.3 is 0 Å². The summed E-state index contributed by atoms with van der Waals surface area (Å²) in [6.07, 6.45) is 10.7. The fraction of sp³-hybridized carbons (Fsp3) is 0.143. The maximum atomic E-state index is 2.40. The molecule has 1 radical (unpaired) electrons. The van der Waals surface area contributed by atoms with Crippen molar-refractivity contribution in [2.75, 3.05) is 0 Å². The van der Waals surface area contributed by atoms with Gasteiger partial charge in [0, 0.05) is 21.7 Å². The number of hydrogen-bond donors (Lipinski definition) is 0. The molecular weight excluding hydrogens is 412 g/mol. The second kappa shape index (κ2) is 12.5. The van der Waals surface area contributed by atoms with Gasteiger partial charge in [-0.25, -0.2) is 0 Å². The minimum absolute atomic E-state index is 0. The van der Waals surface area contributed by atoms with E-state index in [4.69, 9.17) is 0 Å². The predicted octanol–water partition coefficient (Wildman–Crippen LogP) is 7.89. The molecule has 0 saturated heterocycles. The molecule has 0 aliphatic heterocycles. The summed E-state index contributed by atoms with van der Waals surface area (Å²) >= 11 is 0.